The molecule has 1 aromatic carbocycles. The number of likely N-dealkylation sites (N-methyl/N-ethyl adjacent to an activating group) is 2. The van der Waals surface area contributed by atoms with Crippen molar-refractivity contribution < 1.29 is 4.79 Å². The molecule has 18 heavy (non-hydrogen) atoms. The van der Waals surface area contributed by atoms with Gasteiger partial charge in [-0.3, -0.25) is 4.79 Å². The molecule has 0 aliphatic heterocycles. The number of anilines is 1. The molecule has 4 heteroatoms. The van der Waals surface area contributed by atoms with Crippen LogP contribution in [-0.2, 0) is 4.79 Å². The minimum Gasteiger partial charge on any atom is -0.373 e. The fourth-order valence-corrected chi connectivity index (χ4v) is 1.63. The Morgan fingerprint density at radius 2 is 2.06 bits per heavy atom. The Morgan fingerprint density at radius 3 is 2.67 bits per heavy atom. The van der Waals surface area contributed by atoms with Gasteiger partial charge in [0.1, 0.15) is 0 Å². The van der Waals surface area contributed by atoms with Crippen LogP contribution in [0.15, 0.2) is 24.3 Å². The lowest BCUT2D eigenvalue weighted by molar-refractivity contribution is -0.123. The molecule has 0 heterocycles. The normalized spacial score (nSPS) is 9.33. The van der Waals surface area contributed by atoms with Crippen LogP contribution in [-0.4, -0.2) is 38.0 Å². The van der Waals surface area contributed by atoms with Crippen LogP contribution in [0.4, 0.5) is 5.69 Å². The summed E-state index contributed by atoms with van der Waals surface area (Å²) in [5.41, 5.74) is 1.03. The predicted octanol–water partition coefficient (Wildman–Crippen LogP) is 2.26. The van der Waals surface area contributed by atoms with E-state index < -0.39 is 0 Å². The van der Waals surface area contributed by atoms with E-state index in [9.17, 15) is 4.79 Å². The van der Waals surface area contributed by atoms with Gasteiger partial charge in [0.2, 0.25) is 0 Å². The maximum absolute atomic E-state index is 11.5. The molecule has 0 unspecified atom stereocenters. The molecule has 0 N–H and O–H groups in total. The van der Waals surface area contributed by atoms with Crippen LogP contribution < -0.4 is 4.90 Å². The van der Waals surface area contributed by atoms with Gasteiger partial charge in [0.05, 0.1) is 0 Å². The summed E-state index contributed by atoms with van der Waals surface area (Å²) < 4.78 is 0. The molecule has 96 valence electrons. The minimum atomic E-state index is -0.156. The highest BCUT2D eigenvalue weighted by atomic mass is 35.5. The number of halogens is 1. The summed E-state index contributed by atoms with van der Waals surface area (Å²) in [5, 5.41) is 0.709. The Bertz CT molecular complexity index is 476. The third-order valence-corrected chi connectivity index (χ3v) is 2.83. The number of hydrogen-bond donors (Lipinski definition) is 0. The zero-order valence-electron chi connectivity index (χ0n) is 10.9. The van der Waals surface area contributed by atoms with E-state index >= 15 is 0 Å². The second kappa shape index (κ2) is 6.93. The Kier molecular flexibility index (Phi) is 5.54. The molecule has 1 rings (SSSR count). The molecule has 0 radical (unpaired) electrons. The molecule has 3 nitrogen and oxygen atoms in total. The molecule has 0 bridgehead atoms. The highest BCUT2D eigenvalue weighted by molar-refractivity contribution is 6.30. The quantitative estimate of drug-likeness (QED) is 0.779. The Labute approximate surface area is 113 Å². The van der Waals surface area contributed by atoms with Gasteiger partial charge in [0.15, 0.2) is 0 Å². The van der Waals surface area contributed by atoms with Crippen LogP contribution >= 0.6 is 11.6 Å². The molecule has 0 aromatic heterocycles. The van der Waals surface area contributed by atoms with Crippen molar-refractivity contribution in [1.29, 1.82) is 0 Å². The third kappa shape index (κ3) is 4.31. The third-order valence-electron chi connectivity index (χ3n) is 2.60. The van der Waals surface area contributed by atoms with Gasteiger partial charge in [0, 0.05) is 37.9 Å². The molecule has 0 aliphatic carbocycles. The first-order valence-electron chi connectivity index (χ1n) is 5.69. The van der Waals surface area contributed by atoms with Crippen LogP contribution in [0.3, 0.4) is 0 Å². The first-order valence-corrected chi connectivity index (χ1v) is 6.07. The lowest BCUT2D eigenvalue weighted by atomic mass is 10.3. The van der Waals surface area contributed by atoms with Crippen molar-refractivity contribution in [3.8, 4) is 11.8 Å². The Hall–Kier alpha value is -1.66. The van der Waals surface area contributed by atoms with E-state index in [4.69, 9.17) is 11.6 Å². The van der Waals surface area contributed by atoms with Gasteiger partial charge < -0.3 is 9.80 Å². The molecule has 0 saturated carbocycles. The Balaban J connectivity index is 2.52. The van der Waals surface area contributed by atoms with Crippen molar-refractivity contribution in [2.75, 3.05) is 32.1 Å². The number of carbonyl (C=O) groups is 1. The number of benzene rings is 1. The smallest absolute Gasteiger partial charge is 0.298 e. The van der Waals surface area contributed by atoms with Gasteiger partial charge in [0.25, 0.3) is 5.91 Å². The topological polar surface area (TPSA) is 23.6 Å². The fourth-order valence-electron chi connectivity index (χ4n) is 1.45. The molecular weight excluding hydrogens is 248 g/mol. The maximum Gasteiger partial charge on any atom is 0.298 e. The highest BCUT2D eigenvalue weighted by Gasteiger charge is 2.07. The summed E-state index contributed by atoms with van der Waals surface area (Å²) in [6, 6.07) is 7.63. The number of rotatable bonds is 4. The summed E-state index contributed by atoms with van der Waals surface area (Å²) in [6.07, 6.45) is 0. The van der Waals surface area contributed by atoms with E-state index in [-0.39, 0.29) is 5.91 Å². The first kappa shape index (κ1) is 14.4. The lowest BCUT2D eigenvalue weighted by Crippen LogP contribution is -2.34. The number of nitrogens with zero attached hydrogens (tertiary/aromatic N) is 2. The van der Waals surface area contributed by atoms with E-state index in [0.717, 1.165) is 12.2 Å². The molecule has 0 spiro atoms. The Morgan fingerprint density at radius 1 is 1.33 bits per heavy atom. The summed E-state index contributed by atoms with van der Waals surface area (Å²) in [6.45, 7) is 3.01. The lowest BCUT2D eigenvalue weighted by Gasteiger charge is -2.22. The highest BCUT2D eigenvalue weighted by Crippen LogP contribution is 2.17. The van der Waals surface area contributed by atoms with Crippen molar-refractivity contribution in [3.63, 3.8) is 0 Å². The molecule has 1 amide bonds. The molecule has 0 saturated heterocycles. The zero-order chi connectivity index (χ0) is 13.5. The summed E-state index contributed by atoms with van der Waals surface area (Å²) >= 11 is 5.93. The largest absolute Gasteiger partial charge is 0.373 e. The monoisotopic (exact) mass is 264 g/mol. The number of carbonyl (C=O) groups excluding carboxylic acids is 1. The van der Waals surface area contributed by atoms with Crippen molar-refractivity contribution in [2.45, 2.75) is 6.92 Å². The second-order valence-electron chi connectivity index (χ2n) is 4.00. The zero-order valence-corrected chi connectivity index (χ0v) is 11.7. The van der Waals surface area contributed by atoms with Gasteiger partial charge in [-0.05, 0) is 31.0 Å². The molecule has 1 aromatic rings. The fraction of sp³-hybridized carbons (Fsp3) is 0.357. The number of hydrogen-bond acceptors (Lipinski definition) is 2. The van der Waals surface area contributed by atoms with Crippen LogP contribution in [0.25, 0.3) is 0 Å². The SMILES string of the molecule is CC#CC(=O)N(C)CCN(C)c1cccc(Cl)c1. The minimum absolute atomic E-state index is 0.156. The van der Waals surface area contributed by atoms with Gasteiger partial charge in [-0.15, -0.1) is 0 Å². The van der Waals surface area contributed by atoms with E-state index in [1.165, 1.54) is 0 Å². The average Bonchev–Trinajstić information content (AvgIpc) is 2.35. The summed E-state index contributed by atoms with van der Waals surface area (Å²) in [4.78, 5) is 15.1. The van der Waals surface area contributed by atoms with Gasteiger partial charge in [-0.1, -0.05) is 23.6 Å². The van der Waals surface area contributed by atoms with Gasteiger partial charge in [-0.25, -0.2) is 0 Å². The average molecular weight is 265 g/mol. The van der Waals surface area contributed by atoms with E-state index in [1.807, 2.05) is 31.3 Å². The standard InChI is InChI=1S/C14H17ClN2O/c1-4-6-14(18)17(3)10-9-16(2)13-8-5-7-12(15)11-13/h5,7-8,11H,9-10H2,1-3H3. The molecular formula is C14H17ClN2O. The summed E-state index contributed by atoms with van der Waals surface area (Å²) in [7, 11) is 3.72. The molecule has 0 atom stereocenters. The second-order valence-corrected chi connectivity index (χ2v) is 4.44. The van der Waals surface area contributed by atoms with Gasteiger partial charge in [-0.2, -0.15) is 0 Å². The van der Waals surface area contributed by atoms with Crippen LogP contribution in [0.2, 0.25) is 5.02 Å². The maximum atomic E-state index is 11.5. The van der Waals surface area contributed by atoms with Crippen LogP contribution in [0.5, 0.6) is 0 Å². The first-order chi connectivity index (χ1) is 8.54. The molecule has 0 aliphatic rings. The van der Waals surface area contributed by atoms with Crippen molar-refractivity contribution in [1.82, 2.24) is 4.90 Å². The number of amides is 1. The van der Waals surface area contributed by atoms with Crippen molar-refractivity contribution >= 4 is 23.2 Å². The summed E-state index contributed by atoms with van der Waals surface area (Å²) in [5.74, 6) is 4.96. The van der Waals surface area contributed by atoms with Crippen molar-refractivity contribution in [2.24, 2.45) is 0 Å². The van der Waals surface area contributed by atoms with Crippen LogP contribution in [0.1, 0.15) is 6.92 Å². The predicted molar refractivity (Wildman–Crippen MR) is 75.8 cm³/mol. The van der Waals surface area contributed by atoms with E-state index in [1.54, 1.807) is 18.9 Å². The molecule has 0 fully saturated rings. The van der Waals surface area contributed by atoms with Crippen molar-refractivity contribution in [3.05, 3.63) is 29.3 Å². The van der Waals surface area contributed by atoms with E-state index in [0.29, 0.717) is 11.6 Å². The van der Waals surface area contributed by atoms with Gasteiger partial charge >= 0.3 is 0 Å². The van der Waals surface area contributed by atoms with E-state index in [2.05, 4.69) is 16.7 Å². The van der Waals surface area contributed by atoms with Crippen LogP contribution in [0, 0.1) is 11.8 Å².